The second-order valence-corrected chi connectivity index (χ2v) is 4.59. The van der Waals surface area contributed by atoms with E-state index >= 15 is 0 Å². The third kappa shape index (κ3) is 3.31. The number of phenolic OH excluding ortho intramolecular Hbond substituents is 1. The van der Waals surface area contributed by atoms with Crippen LogP contribution in [0.4, 0.5) is 5.69 Å². The number of carbonyl (C=O) groups excluding carboxylic acids is 1. The van der Waals surface area contributed by atoms with Gasteiger partial charge in [0.1, 0.15) is 5.75 Å². The maximum Gasteiger partial charge on any atom is 0.227 e. The Morgan fingerprint density at radius 3 is 2.21 bits per heavy atom. The van der Waals surface area contributed by atoms with Crippen molar-refractivity contribution in [1.82, 2.24) is 0 Å². The van der Waals surface area contributed by atoms with Gasteiger partial charge in [-0.2, -0.15) is 4.57 Å². The van der Waals surface area contributed by atoms with E-state index in [2.05, 4.69) is 0 Å². The molecule has 0 spiro atoms. The normalized spacial score (nSPS) is 10.2. The number of pyridine rings is 1. The number of aromatic hydroxyl groups is 1. The molecule has 1 aromatic heterocycles. The predicted molar refractivity (Wildman–Crippen MR) is 73.4 cm³/mol. The van der Waals surface area contributed by atoms with Gasteiger partial charge in [0.05, 0.1) is 0 Å². The molecule has 4 heteroatoms. The number of hydrogen-bond acceptors (Lipinski definition) is 3. The van der Waals surface area contributed by atoms with Crippen molar-refractivity contribution in [3.05, 3.63) is 54.4 Å². The van der Waals surface area contributed by atoms with Gasteiger partial charge in [-0.25, -0.2) is 0 Å². The molecule has 0 atom stereocenters. The zero-order valence-corrected chi connectivity index (χ0v) is 11.1. The maximum absolute atomic E-state index is 12.0. The average molecular weight is 257 g/mol. The second kappa shape index (κ2) is 5.52. The van der Waals surface area contributed by atoms with Crippen molar-refractivity contribution in [3.8, 4) is 5.75 Å². The van der Waals surface area contributed by atoms with Gasteiger partial charge in [-0.3, -0.25) is 4.79 Å². The lowest BCUT2D eigenvalue weighted by Gasteiger charge is -2.10. The SMILES string of the molecule is CN(C)c1cc[n+](CC(=O)c2ccc(O)cc2)cc1. The van der Waals surface area contributed by atoms with E-state index in [1.807, 2.05) is 48.1 Å². The van der Waals surface area contributed by atoms with Crippen molar-refractivity contribution in [2.45, 2.75) is 6.54 Å². The van der Waals surface area contributed by atoms with Gasteiger partial charge in [0.2, 0.25) is 12.3 Å². The minimum Gasteiger partial charge on any atom is -0.508 e. The molecule has 2 rings (SSSR count). The van der Waals surface area contributed by atoms with E-state index in [1.165, 1.54) is 12.1 Å². The molecule has 0 saturated carbocycles. The molecule has 0 aliphatic rings. The third-order valence-electron chi connectivity index (χ3n) is 2.91. The van der Waals surface area contributed by atoms with E-state index in [1.54, 1.807) is 12.1 Å². The van der Waals surface area contributed by atoms with Crippen molar-refractivity contribution >= 4 is 11.5 Å². The van der Waals surface area contributed by atoms with Gasteiger partial charge >= 0.3 is 0 Å². The molecule has 2 aromatic rings. The second-order valence-electron chi connectivity index (χ2n) is 4.59. The Morgan fingerprint density at radius 2 is 1.68 bits per heavy atom. The predicted octanol–water partition coefficient (Wildman–Crippen LogP) is 1.63. The summed E-state index contributed by atoms with van der Waals surface area (Å²) in [6, 6.07) is 10.2. The number of anilines is 1. The molecule has 0 aliphatic carbocycles. The molecule has 0 fully saturated rings. The number of nitrogens with zero attached hydrogens (tertiary/aromatic N) is 2. The Morgan fingerprint density at radius 1 is 1.11 bits per heavy atom. The van der Waals surface area contributed by atoms with Crippen LogP contribution in [-0.2, 0) is 6.54 Å². The highest BCUT2D eigenvalue weighted by Crippen LogP contribution is 2.10. The summed E-state index contributed by atoms with van der Waals surface area (Å²) < 4.78 is 1.84. The van der Waals surface area contributed by atoms with Crippen LogP contribution in [-0.4, -0.2) is 25.0 Å². The summed E-state index contributed by atoms with van der Waals surface area (Å²) in [5.41, 5.74) is 1.69. The van der Waals surface area contributed by atoms with Crippen LogP contribution >= 0.6 is 0 Å². The molecule has 0 aliphatic heterocycles. The summed E-state index contributed by atoms with van der Waals surface area (Å²) in [5, 5.41) is 9.19. The minimum absolute atomic E-state index is 0.0163. The number of Topliss-reactive ketones (excluding diaryl/α,β-unsaturated/α-hetero) is 1. The topological polar surface area (TPSA) is 44.4 Å². The van der Waals surface area contributed by atoms with Crippen molar-refractivity contribution in [2.24, 2.45) is 0 Å². The monoisotopic (exact) mass is 257 g/mol. The molecule has 4 nitrogen and oxygen atoms in total. The maximum atomic E-state index is 12.0. The first-order valence-electron chi connectivity index (χ1n) is 6.05. The highest BCUT2D eigenvalue weighted by molar-refractivity contribution is 5.95. The molecule has 0 radical (unpaired) electrons. The zero-order chi connectivity index (χ0) is 13.8. The summed E-state index contributed by atoms with van der Waals surface area (Å²) in [5.74, 6) is 0.183. The Balaban J connectivity index is 2.08. The van der Waals surface area contributed by atoms with Gasteiger partial charge in [-0.1, -0.05) is 0 Å². The Labute approximate surface area is 112 Å². The first-order chi connectivity index (χ1) is 9.06. The Kier molecular flexibility index (Phi) is 3.80. The van der Waals surface area contributed by atoms with Crippen molar-refractivity contribution in [2.75, 3.05) is 19.0 Å². The zero-order valence-electron chi connectivity index (χ0n) is 11.1. The first kappa shape index (κ1) is 13.1. The van der Waals surface area contributed by atoms with E-state index in [9.17, 15) is 9.90 Å². The van der Waals surface area contributed by atoms with Gasteiger partial charge in [0, 0.05) is 37.5 Å². The fraction of sp³-hybridized carbons (Fsp3) is 0.200. The van der Waals surface area contributed by atoms with Crippen LogP contribution in [0.25, 0.3) is 0 Å². The number of aromatic nitrogens is 1. The summed E-state index contributed by atoms with van der Waals surface area (Å²) >= 11 is 0. The molecule has 0 amide bonds. The highest BCUT2D eigenvalue weighted by Gasteiger charge is 2.12. The molecular formula is C15H17N2O2+. The van der Waals surface area contributed by atoms with Crippen LogP contribution in [0.1, 0.15) is 10.4 Å². The molecule has 0 bridgehead atoms. The number of phenols is 1. The van der Waals surface area contributed by atoms with E-state index in [-0.39, 0.29) is 11.5 Å². The quantitative estimate of drug-likeness (QED) is 0.669. The van der Waals surface area contributed by atoms with Crippen molar-refractivity contribution in [1.29, 1.82) is 0 Å². The minimum atomic E-state index is 0.0163. The standard InChI is InChI=1S/C15H16N2O2/c1-16(2)13-7-9-17(10-8-13)11-15(19)12-3-5-14(18)6-4-12/h3-10H,11H2,1-2H3/p+1. The average Bonchev–Trinajstić information content (AvgIpc) is 2.40. The van der Waals surface area contributed by atoms with Crippen molar-refractivity contribution < 1.29 is 14.5 Å². The Hall–Kier alpha value is -2.36. The molecule has 0 unspecified atom stereocenters. The summed E-state index contributed by atoms with van der Waals surface area (Å²) in [4.78, 5) is 14.0. The lowest BCUT2D eigenvalue weighted by atomic mass is 10.1. The summed E-state index contributed by atoms with van der Waals surface area (Å²) in [7, 11) is 3.95. The summed E-state index contributed by atoms with van der Waals surface area (Å²) in [6.07, 6.45) is 3.77. The van der Waals surface area contributed by atoms with Gasteiger partial charge in [-0.15, -0.1) is 0 Å². The van der Waals surface area contributed by atoms with Crippen molar-refractivity contribution in [3.63, 3.8) is 0 Å². The van der Waals surface area contributed by atoms with Gasteiger partial charge < -0.3 is 10.0 Å². The largest absolute Gasteiger partial charge is 0.508 e. The Bertz CT molecular complexity index is 560. The number of carbonyl (C=O) groups is 1. The van der Waals surface area contributed by atoms with Gasteiger partial charge in [0.25, 0.3) is 0 Å². The van der Waals surface area contributed by atoms with E-state index < -0.39 is 0 Å². The molecular weight excluding hydrogens is 240 g/mol. The summed E-state index contributed by atoms with van der Waals surface area (Å²) in [6.45, 7) is 0.290. The highest BCUT2D eigenvalue weighted by atomic mass is 16.3. The fourth-order valence-corrected chi connectivity index (χ4v) is 1.76. The molecule has 98 valence electrons. The van der Waals surface area contributed by atoms with Crippen LogP contribution in [0.5, 0.6) is 5.75 Å². The lowest BCUT2D eigenvalue weighted by Crippen LogP contribution is -2.37. The fourth-order valence-electron chi connectivity index (χ4n) is 1.76. The van der Waals surface area contributed by atoms with Crippen LogP contribution in [0, 0.1) is 0 Å². The van der Waals surface area contributed by atoms with Gasteiger partial charge in [-0.05, 0) is 24.3 Å². The van der Waals surface area contributed by atoms with Crippen LogP contribution < -0.4 is 9.47 Å². The number of rotatable bonds is 4. The smallest absolute Gasteiger partial charge is 0.227 e. The van der Waals surface area contributed by atoms with E-state index in [0.717, 1.165) is 5.69 Å². The van der Waals surface area contributed by atoms with Crippen LogP contribution in [0.15, 0.2) is 48.8 Å². The number of hydrogen-bond donors (Lipinski definition) is 1. The van der Waals surface area contributed by atoms with Crippen LogP contribution in [0.3, 0.4) is 0 Å². The molecule has 1 aromatic carbocycles. The van der Waals surface area contributed by atoms with E-state index in [4.69, 9.17) is 0 Å². The lowest BCUT2D eigenvalue weighted by molar-refractivity contribution is -0.683. The van der Waals surface area contributed by atoms with E-state index in [0.29, 0.717) is 12.1 Å². The van der Waals surface area contributed by atoms with Crippen LogP contribution in [0.2, 0.25) is 0 Å². The molecule has 1 heterocycles. The first-order valence-corrected chi connectivity index (χ1v) is 6.05. The third-order valence-corrected chi connectivity index (χ3v) is 2.91. The molecule has 19 heavy (non-hydrogen) atoms. The molecule has 0 saturated heterocycles. The number of ketones is 1. The van der Waals surface area contributed by atoms with Gasteiger partial charge in [0.15, 0.2) is 12.4 Å². The number of benzene rings is 1. The molecule has 1 N–H and O–H groups in total.